The molecule has 4 rings (SSSR count). The topological polar surface area (TPSA) is 72.9 Å². The number of rotatable bonds is 5. The number of carbonyl (C=O) groups is 1. The largest absolute Gasteiger partial charge is 0.366 e. The summed E-state index contributed by atoms with van der Waals surface area (Å²) in [5.74, 6) is -0.376. The van der Waals surface area contributed by atoms with E-state index in [2.05, 4.69) is 28.9 Å². The number of thiazole rings is 1. The summed E-state index contributed by atoms with van der Waals surface area (Å²) in [5, 5.41) is 6.24. The van der Waals surface area contributed by atoms with Crippen molar-refractivity contribution in [2.45, 2.75) is 45.6 Å². The standard InChI is InChI=1S/C21H24N4OS/c1-13-7-9-15(10-8-13)23-21-24-18(12-27-21)19-11-17(20(22)26)14(2)25(19)16-5-3-4-6-16/h7-12,16H,3-6H2,1-2H3,(H2,22,26)(H,23,24). The van der Waals surface area contributed by atoms with Crippen LogP contribution < -0.4 is 11.1 Å². The molecule has 5 nitrogen and oxygen atoms in total. The summed E-state index contributed by atoms with van der Waals surface area (Å²) in [6.07, 6.45) is 4.73. The molecule has 2 heterocycles. The van der Waals surface area contributed by atoms with Crippen LogP contribution in [0, 0.1) is 13.8 Å². The van der Waals surface area contributed by atoms with E-state index in [0.29, 0.717) is 11.6 Å². The van der Waals surface area contributed by atoms with Gasteiger partial charge in [-0.1, -0.05) is 30.5 Å². The molecule has 0 bridgehead atoms. The van der Waals surface area contributed by atoms with E-state index in [-0.39, 0.29) is 5.91 Å². The highest BCUT2D eigenvalue weighted by atomic mass is 32.1. The molecule has 1 aliphatic rings. The van der Waals surface area contributed by atoms with Crippen molar-refractivity contribution >= 4 is 28.1 Å². The first kappa shape index (κ1) is 17.8. The van der Waals surface area contributed by atoms with Crippen molar-refractivity contribution in [1.29, 1.82) is 0 Å². The van der Waals surface area contributed by atoms with Crippen molar-refractivity contribution in [1.82, 2.24) is 9.55 Å². The molecular formula is C21H24N4OS. The molecule has 1 aromatic carbocycles. The van der Waals surface area contributed by atoms with Crippen LogP contribution in [-0.2, 0) is 0 Å². The van der Waals surface area contributed by atoms with Crippen LogP contribution in [0.25, 0.3) is 11.4 Å². The maximum Gasteiger partial charge on any atom is 0.250 e. The molecule has 2 aromatic heterocycles. The Morgan fingerprint density at radius 2 is 1.93 bits per heavy atom. The number of hydrogen-bond donors (Lipinski definition) is 2. The molecule has 3 N–H and O–H groups in total. The van der Waals surface area contributed by atoms with Crippen molar-refractivity contribution in [3.05, 3.63) is 52.5 Å². The summed E-state index contributed by atoms with van der Waals surface area (Å²) in [6.45, 7) is 4.06. The number of benzene rings is 1. The summed E-state index contributed by atoms with van der Waals surface area (Å²) >= 11 is 1.57. The molecule has 27 heavy (non-hydrogen) atoms. The van der Waals surface area contributed by atoms with Gasteiger partial charge in [-0.05, 0) is 44.9 Å². The highest BCUT2D eigenvalue weighted by Gasteiger charge is 2.25. The number of primary amides is 1. The van der Waals surface area contributed by atoms with E-state index in [0.717, 1.165) is 40.7 Å². The Labute approximate surface area is 163 Å². The quantitative estimate of drug-likeness (QED) is 0.640. The molecule has 0 atom stereocenters. The molecule has 1 amide bonds. The Bertz CT molecular complexity index is 965. The minimum atomic E-state index is -0.376. The predicted molar refractivity (Wildman–Crippen MR) is 111 cm³/mol. The fourth-order valence-electron chi connectivity index (χ4n) is 3.91. The van der Waals surface area contributed by atoms with E-state index in [1.165, 1.54) is 18.4 Å². The Balaban J connectivity index is 1.68. The number of carbonyl (C=O) groups excluding carboxylic acids is 1. The van der Waals surface area contributed by atoms with Crippen molar-refractivity contribution < 1.29 is 4.79 Å². The first-order valence-electron chi connectivity index (χ1n) is 9.34. The molecule has 0 unspecified atom stereocenters. The minimum absolute atomic E-state index is 0.376. The molecule has 0 spiro atoms. The van der Waals surface area contributed by atoms with Crippen molar-refractivity contribution in [3.8, 4) is 11.4 Å². The second-order valence-electron chi connectivity index (χ2n) is 7.23. The predicted octanol–water partition coefficient (Wildman–Crippen LogP) is 5.19. The average Bonchev–Trinajstić information content (AvgIpc) is 3.36. The summed E-state index contributed by atoms with van der Waals surface area (Å²) in [4.78, 5) is 16.7. The summed E-state index contributed by atoms with van der Waals surface area (Å²) in [6, 6.07) is 10.6. The van der Waals surface area contributed by atoms with E-state index in [1.807, 2.05) is 30.5 Å². The maximum absolute atomic E-state index is 11.9. The van der Waals surface area contributed by atoms with Gasteiger partial charge in [0, 0.05) is 22.8 Å². The summed E-state index contributed by atoms with van der Waals surface area (Å²) in [7, 11) is 0. The number of aromatic nitrogens is 2. The van der Waals surface area contributed by atoms with E-state index in [9.17, 15) is 4.79 Å². The van der Waals surface area contributed by atoms with Crippen LogP contribution in [0.5, 0.6) is 0 Å². The molecule has 0 radical (unpaired) electrons. The van der Waals surface area contributed by atoms with Crippen LogP contribution in [0.1, 0.15) is 53.3 Å². The number of hydrogen-bond acceptors (Lipinski definition) is 4. The summed E-state index contributed by atoms with van der Waals surface area (Å²) in [5.41, 5.74) is 11.3. The third-order valence-electron chi connectivity index (χ3n) is 5.32. The number of nitrogens with two attached hydrogens (primary N) is 1. The molecule has 0 saturated heterocycles. The van der Waals surface area contributed by atoms with Crippen LogP contribution in [0.3, 0.4) is 0 Å². The van der Waals surface area contributed by atoms with Gasteiger partial charge in [-0.3, -0.25) is 4.79 Å². The van der Waals surface area contributed by atoms with Crippen LogP contribution in [0.15, 0.2) is 35.7 Å². The van der Waals surface area contributed by atoms with E-state index in [1.54, 1.807) is 11.3 Å². The Morgan fingerprint density at radius 3 is 2.59 bits per heavy atom. The lowest BCUT2D eigenvalue weighted by Gasteiger charge is -2.18. The van der Waals surface area contributed by atoms with Gasteiger partial charge >= 0.3 is 0 Å². The number of nitrogens with zero attached hydrogens (tertiary/aromatic N) is 2. The molecule has 0 aliphatic heterocycles. The van der Waals surface area contributed by atoms with E-state index < -0.39 is 0 Å². The van der Waals surface area contributed by atoms with Crippen molar-refractivity contribution in [3.63, 3.8) is 0 Å². The lowest BCUT2D eigenvalue weighted by Crippen LogP contribution is -2.14. The SMILES string of the molecule is Cc1ccc(Nc2nc(-c3cc(C(N)=O)c(C)n3C3CCCC3)cs2)cc1. The smallest absolute Gasteiger partial charge is 0.250 e. The minimum Gasteiger partial charge on any atom is -0.366 e. The van der Waals surface area contributed by atoms with Gasteiger partial charge in [0.25, 0.3) is 5.91 Å². The lowest BCUT2D eigenvalue weighted by molar-refractivity contribution is 0.0999. The van der Waals surface area contributed by atoms with Crippen molar-refractivity contribution in [2.75, 3.05) is 5.32 Å². The Kier molecular flexibility index (Phi) is 4.74. The fourth-order valence-corrected chi connectivity index (χ4v) is 4.63. The van der Waals surface area contributed by atoms with Gasteiger partial charge in [-0.15, -0.1) is 11.3 Å². The number of aryl methyl sites for hydroxylation is 1. The maximum atomic E-state index is 11.9. The van der Waals surface area contributed by atoms with Gasteiger partial charge in [0.15, 0.2) is 5.13 Å². The first-order valence-corrected chi connectivity index (χ1v) is 10.2. The normalized spacial score (nSPS) is 14.6. The lowest BCUT2D eigenvalue weighted by atomic mass is 10.2. The molecule has 140 valence electrons. The highest BCUT2D eigenvalue weighted by Crippen LogP contribution is 2.38. The van der Waals surface area contributed by atoms with Gasteiger partial charge in [-0.2, -0.15) is 0 Å². The van der Waals surface area contributed by atoms with E-state index >= 15 is 0 Å². The number of amides is 1. The second kappa shape index (κ2) is 7.19. The third kappa shape index (κ3) is 3.49. The van der Waals surface area contributed by atoms with E-state index in [4.69, 9.17) is 10.7 Å². The number of anilines is 2. The first-order chi connectivity index (χ1) is 13.0. The second-order valence-corrected chi connectivity index (χ2v) is 8.09. The van der Waals surface area contributed by atoms with Gasteiger partial charge in [0.1, 0.15) is 0 Å². The summed E-state index contributed by atoms with van der Waals surface area (Å²) < 4.78 is 2.28. The Morgan fingerprint density at radius 1 is 1.22 bits per heavy atom. The van der Waals surface area contributed by atoms with Crippen LogP contribution in [-0.4, -0.2) is 15.5 Å². The third-order valence-corrected chi connectivity index (χ3v) is 6.07. The van der Waals surface area contributed by atoms with Crippen molar-refractivity contribution in [2.24, 2.45) is 5.73 Å². The average molecular weight is 381 g/mol. The van der Waals surface area contributed by atoms with Gasteiger partial charge in [-0.25, -0.2) is 4.98 Å². The highest BCUT2D eigenvalue weighted by molar-refractivity contribution is 7.14. The molecule has 1 fully saturated rings. The molecular weight excluding hydrogens is 356 g/mol. The van der Waals surface area contributed by atoms with Gasteiger partial charge in [0.2, 0.25) is 0 Å². The van der Waals surface area contributed by atoms with Gasteiger partial charge < -0.3 is 15.6 Å². The van der Waals surface area contributed by atoms with Gasteiger partial charge in [0.05, 0.1) is 17.0 Å². The zero-order valence-corrected chi connectivity index (χ0v) is 16.5. The van der Waals surface area contributed by atoms with Crippen LogP contribution in [0.2, 0.25) is 0 Å². The Hall–Kier alpha value is -2.60. The molecule has 3 aromatic rings. The fraction of sp³-hybridized carbons (Fsp3) is 0.333. The molecule has 1 aliphatic carbocycles. The zero-order valence-electron chi connectivity index (χ0n) is 15.7. The van der Waals surface area contributed by atoms with Crippen LogP contribution >= 0.6 is 11.3 Å². The van der Waals surface area contributed by atoms with Crippen LogP contribution in [0.4, 0.5) is 10.8 Å². The number of nitrogens with one attached hydrogen (secondary N) is 1. The molecule has 6 heteroatoms. The molecule has 1 saturated carbocycles. The zero-order chi connectivity index (χ0) is 19.0. The monoisotopic (exact) mass is 380 g/mol.